The molecule has 0 saturated carbocycles. The Morgan fingerprint density at radius 1 is 1.15 bits per heavy atom. The van der Waals surface area contributed by atoms with Crippen LogP contribution in [0.2, 0.25) is 0 Å². The number of benzene rings is 2. The van der Waals surface area contributed by atoms with E-state index in [4.69, 9.17) is 4.74 Å². The molecule has 0 radical (unpaired) electrons. The fourth-order valence-electron chi connectivity index (χ4n) is 1.58. The summed E-state index contributed by atoms with van der Waals surface area (Å²) in [7, 11) is -4.47. The van der Waals surface area contributed by atoms with Crippen LogP contribution < -0.4 is 34.3 Å². The monoisotopic (exact) mass is 366 g/mol. The van der Waals surface area contributed by atoms with Crippen LogP contribution in [0.15, 0.2) is 41.3 Å². The molecule has 0 N–H and O–H groups in total. The van der Waals surface area contributed by atoms with Crippen molar-refractivity contribution in [1.82, 2.24) is 0 Å². The Morgan fingerprint density at radius 3 is 2.35 bits per heavy atom. The van der Waals surface area contributed by atoms with Gasteiger partial charge in [0.25, 0.3) is 0 Å². The van der Waals surface area contributed by atoms with Gasteiger partial charge in [-0.1, -0.05) is 28.1 Å². The van der Waals surface area contributed by atoms with Gasteiger partial charge in [0.15, 0.2) is 0 Å². The normalized spacial score (nSPS) is 10.9. The molecule has 2 aromatic rings. The van der Waals surface area contributed by atoms with Crippen molar-refractivity contribution >= 4 is 42.8 Å². The molecule has 0 aromatic heterocycles. The average molecular weight is 367 g/mol. The second-order valence-electron chi connectivity index (χ2n) is 3.73. The molecule has 0 aliphatic carbocycles. The predicted molar refractivity (Wildman–Crippen MR) is 71.3 cm³/mol. The Kier molecular flexibility index (Phi) is 6.18. The quantitative estimate of drug-likeness (QED) is 0.230. The molecule has 0 amide bonds. The molecule has 0 spiro atoms. The number of carbonyl (C=O) groups is 1. The van der Waals surface area contributed by atoms with E-state index >= 15 is 0 Å². The number of fused-ring (bicyclic) bond motifs is 1. The van der Waals surface area contributed by atoms with Gasteiger partial charge >= 0.3 is 35.5 Å². The Balaban J connectivity index is 0.00000200. The zero-order valence-corrected chi connectivity index (χ0v) is 14.9. The maximum atomic E-state index is 11.1. The molecule has 8 heteroatoms. The maximum absolute atomic E-state index is 11.1. The third-order valence-corrected chi connectivity index (χ3v) is 3.70. The summed E-state index contributed by atoms with van der Waals surface area (Å²) in [6.45, 7) is 0. The number of ether oxygens (including phenoxy) is 1. The fourth-order valence-corrected chi connectivity index (χ4v) is 2.20. The Hall–Kier alpha value is -0.440. The minimum absolute atomic E-state index is 0. The van der Waals surface area contributed by atoms with Crippen molar-refractivity contribution in [3.8, 4) is 5.75 Å². The Labute approximate surface area is 146 Å². The van der Waals surface area contributed by atoms with E-state index in [9.17, 15) is 17.8 Å². The van der Waals surface area contributed by atoms with Gasteiger partial charge in [0.05, 0.1) is 4.90 Å². The second kappa shape index (κ2) is 7.02. The summed E-state index contributed by atoms with van der Waals surface area (Å²) in [6.07, 6.45) is 0. The van der Waals surface area contributed by atoms with Crippen LogP contribution in [0.25, 0.3) is 10.8 Å². The van der Waals surface area contributed by atoms with E-state index in [2.05, 4.69) is 15.9 Å². The smallest absolute Gasteiger partial charge is 0.744 e. The standard InChI is InChI=1S/C12H9BrO5S.Na/c13-7-12(14)18-10-3-1-9-6-11(19(15,16)17)4-2-8(9)5-10;/h1-6H,7H2,(H,15,16,17);/q;+1/p-1. The van der Waals surface area contributed by atoms with Gasteiger partial charge in [0.2, 0.25) is 0 Å². The first-order chi connectivity index (χ1) is 8.90. The zero-order chi connectivity index (χ0) is 14.0. The first-order valence-electron chi connectivity index (χ1n) is 5.16. The summed E-state index contributed by atoms with van der Waals surface area (Å²) in [5.41, 5.74) is 0. The van der Waals surface area contributed by atoms with Crippen LogP contribution in [0.5, 0.6) is 5.75 Å². The maximum Gasteiger partial charge on any atom is 1.00 e. The van der Waals surface area contributed by atoms with Gasteiger partial charge in [-0.15, -0.1) is 0 Å². The van der Waals surface area contributed by atoms with Crippen molar-refractivity contribution in [3.63, 3.8) is 0 Å². The van der Waals surface area contributed by atoms with Gasteiger partial charge in [-0.3, -0.25) is 4.79 Å². The van der Waals surface area contributed by atoms with Crippen molar-refractivity contribution in [3.05, 3.63) is 36.4 Å². The van der Waals surface area contributed by atoms with Crippen molar-refractivity contribution in [2.75, 3.05) is 5.33 Å². The Morgan fingerprint density at radius 2 is 1.75 bits per heavy atom. The molecule has 0 saturated heterocycles. The molecule has 20 heavy (non-hydrogen) atoms. The Bertz CT molecular complexity index is 745. The summed E-state index contributed by atoms with van der Waals surface area (Å²) in [5, 5.41) is 1.33. The molecule has 0 fully saturated rings. The first kappa shape index (κ1) is 17.6. The molecule has 0 bridgehead atoms. The number of rotatable bonds is 3. The van der Waals surface area contributed by atoms with Crippen LogP contribution in [0.1, 0.15) is 0 Å². The van der Waals surface area contributed by atoms with E-state index in [1.54, 1.807) is 12.1 Å². The van der Waals surface area contributed by atoms with Gasteiger partial charge in [-0.2, -0.15) is 0 Å². The van der Waals surface area contributed by atoms with Crippen molar-refractivity contribution in [2.45, 2.75) is 4.90 Å². The molecule has 2 rings (SSSR count). The van der Waals surface area contributed by atoms with E-state index in [0.717, 1.165) is 0 Å². The number of hydrogen-bond donors (Lipinski definition) is 0. The number of carbonyl (C=O) groups excluding carboxylic acids is 1. The number of halogens is 1. The predicted octanol–water partition coefficient (Wildman–Crippen LogP) is -0.952. The number of esters is 1. The van der Waals surface area contributed by atoms with Gasteiger partial charge in [0, 0.05) is 0 Å². The van der Waals surface area contributed by atoms with Crippen molar-refractivity contribution in [2.24, 2.45) is 0 Å². The molecule has 100 valence electrons. The van der Waals surface area contributed by atoms with E-state index < -0.39 is 16.1 Å². The molecule has 0 aliphatic heterocycles. The van der Waals surface area contributed by atoms with Crippen molar-refractivity contribution < 1.29 is 52.1 Å². The van der Waals surface area contributed by atoms with Crippen molar-refractivity contribution in [1.29, 1.82) is 0 Å². The number of alkyl halides is 1. The van der Waals surface area contributed by atoms with Gasteiger partial charge < -0.3 is 9.29 Å². The van der Waals surface area contributed by atoms with Crippen LogP contribution in [0, 0.1) is 0 Å². The minimum Gasteiger partial charge on any atom is -0.744 e. The molecule has 0 unspecified atom stereocenters. The van der Waals surface area contributed by atoms with E-state index in [1.807, 2.05) is 0 Å². The summed E-state index contributed by atoms with van der Waals surface area (Å²) in [6, 6.07) is 8.71. The van der Waals surface area contributed by atoms with Crippen LogP contribution in [-0.2, 0) is 14.9 Å². The summed E-state index contributed by atoms with van der Waals surface area (Å²) in [4.78, 5) is 10.8. The molecular weight excluding hydrogens is 359 g/mol. The van der Waals surface area contributed by atoms with Crippen LogP contribution in [-0.4, -0.2) is 24.3 Å². The van der Waals surface area contributed by atoms with Gasteiger partial charge in [-0.05, 0) is 35.0 Å². The molecule has 2 aromatic carbocycles. The SMILES string of the molecule is O=C(CBr)Oc1ccc2cc(S(=O)(=O)[O-])ccc2c1.[Na+]. The largest absolute Gasteiger partial charge is 1.00 e. The molecule has 0 heterocycles. The topological polar surface area (TPSA) is 83.5 Å². The molecule has 0 aliphatic rings. The van der Waals surface area contributed by atoms with E-state index in [1.165, 1.54) is 24.3 Å². The molecule has 0 atom stereocenters. The van der Waals surface area contributed by atoms with Gasteiger partial charge in [0.1, 0.15) is 21.2 Å². The third kappa shape index (κ3) is 4.28. The first-order valence-corrected chi connectivity index (χ1v) is 7.69. The van der Waals surface area contributed by atoms with Crippen LogP contribution in [0.4, 0.5) is 0 Å². The second-order valence-corrected chi connectivity index (χ2v) is 5.67. The van der Waals surface area contributed by atoms with Crippen LogP contribution >= 0.6 is 15.9 Å². The number of hydrogen-bond acceptors (Lipinski definition) is 5. The summed E-state index contributed by atoms with van der Waals surface area (Å²) in [5.74, 6) is -0.0761. The molecular formula is C12H8BrNaO5S. The van der Waals surface area contributed by atoms with Crippen LogP contribution in [0.3, 0.4) is 0 Å². The zero-order valence-electron chi connectivity index (χ0n) is 10.5. The minimum atomic E-state index is -4.47. The van der Waals surface area contributed by atoms with Gasteiger partial charge in [-0.25, -0.2) is 8.42 Å². The third-order valence-electron chi connectivity index (χ3n) is 2.41. The molecule has 5 nitrogen and oxygen atoms in total. The average Bonchev–Trinajstić information content (AvgIpc) is 2.36. The van der Waals surface area contributed by atoms with E-state index in [0.29, 0.717) is 16.5 Å². The fraction of sp³-hybridized carbons (Fsp3) is 0.0833. The summed E-state index contributed by atoms with van der Waals surface area (Å²) < 4.78 is 37.7. The van der Waals surface area contributed by atoms with E-state index in [-0.39, 0.29) is 39.8 Å². The summed E-state index contributed by atoms with van der Waals surface area (Å²) >= 11 is 2.98.